The Hall–Kier alpha value is -3.05. The summed E-state index contributed by atoms with van der Waals surface area (Å²) < 4.78 is 55.8. The lowest BCUT2D eigenvalue weighted by Crippen LogP contribution is -2.46. The Morgan fingerprint density at radius 1 is 1.12 bits per heavy atom. The number of carbonyl (C=O) groups is 1. The highest BCUT2D eigenvalue weighted by molar-refractivity contribution is 9.10. The number of aromatic amines is 1. The summed E-state index contributed by atoms with van der Waals surface area (Å²) in [5.74, 6) is 0.527. The van der Waals surface area contributed by atoms with Crippen molar-refractivity contribution in [2.45, 2.75) is 75.6 Å². The molecule has 3 aromatic rings. The highest BCUT2D eigenvalue weighted by atomic mass is 79.9. The fraction of sp³-hybridized carbons (Fsp3) is 0.448. The molecule has 2 aliphatic heterocycles. The lowest BCUT2D eigenvalue weighted by Gasteiger charge is -2.40. The Morgan fingerprint density at radius 3 is 2.50 bits per heavy atom. The summed E-state index contributed by atoms with van der Waals surface area (Å²) in [6.07, 6.45) is 4.31. The molecule has 2 unspecified atom stereocenters. The van der Waals surface area contributed by atoms with Crippen LogP contribution >= 0.6 is 15.9 Å². The topological polar surface area (TPSA) is 76.7 Å². The molecule has 212 valence electrons. The van der Waals surface area contributed by atoms with Crippen molar-refractivity contribution in [1.82, 2.24) is 9.97 Å². The van der Waals surface area contributed by atoms with Gasteiger partial charge >= 0.3 is 12.3 Å². The number of aromatic nitrogens is 2. The van der Waals surface area contributed by atoms with Gasteiger partial charge in [-0.1, -0.05) is 18.2 Å². The number of anilines is 1. The Bertz CT molecular complexity index is 1390. The van der Waals surface area contributed by atoms with Crippen LogP contribution < -0.4 is 9.64 Å². The molecule has 4 heterocycles. The van der Waals surface area contributed by atoms with Crippen LogP contribution in [0, 0.1) is 0 Å². The largest absolute Gasteiger partial charge is 0.573 e. The van der Waals surface area contributed by atoms with Crippen molar-refractivity contribution in [1.29, 1.82) is 0 Å². The van der Waals surface area contributed by atoms with Crippen molar-refractivity contribution in [3.05, 3.63) is 64.0 Å². The van der Waals surface area contributed by atoms with Crippen molar-refractivity contribution < 1.29 is 32.2 Å². The first-order valence-electron chi connectivity index (χ1n) is 13.4. The summed E-state index contributed by atoms with van der Waals surface area (Å²) in [4.78, 5) is 22.1. The minimum absolute atomic E-state index is 0.0124. The number of benzene rings is 1. The quantitative estimate of drug-likeness (QED) is 0.271. The molecule has 2 bridgehead atoms. The molecule has 11 heteroatoms. The van der Waals surface area contributed by atoms with Crippen molar-refractivity contribution in [2.24, 2.45) is 0 Å². The highest BCUT2D eigenvalue weighted by Gasteiger charge is 2.43. The summed E-state index contributed by atoms with van der Waals surface area (Å²) in [7, 11) is 1.34. The number of alkyl halides is 3. The average Bonchev–Trinajstić information content (AvgIpc) is 3.63. The molecule has 40 heavy (non-hydrogen) atoms. The van der Waals surface area contributed by atoms with Gasteiger partial charge in [-0.15, -0.1) is 13.2 Å². The second-order valence-corrected chi connectivity index (χ2v) is 11.5. The molecule has 2 aromatic heterocycles. The Labute approximate surface area is 238 Å². The van der Waals surface area contributed by atoms with Gasteiger partial charge in [0, 0.05) is 46.9 Å². The molecule has 2 atom stereocenters. The van der Waals surface area contributed by atoms with Crippen molar-refractivity contribution >= 4 is 27.7 Å². The lowest BCUT2D eigenvalue weighted by molar-refractivity contribution is -0.274. The number of halogens is 4. The summed E-state index contributed by atoms with van der Waals surface area (Å²) in [5, 5.41) is 0. The maximum Gasteiger partial charge on any atom is 0.573 e. The Balaban J connectivity index is 1.19. The standard InChI is InChI=1S/C29H29BrF3N3O4/c1-38-28(37)17-10-24(30)27(35-13-17)36-18-8-9-19(36)12-20(11-18)39-15-23-22(14-34-26(23)16-6-7-16)21-4-2-3-5-25(21)40-29(31,32)33/h2-5,10,13-14,16,18-20,34H,6-9,11-12,15H2,1H3. The van der Waals surface area contributed by atoms with Gasteiger partial charge in [0.2, 0.25) is 0 Å². The lowest BCUT2D eigenvalue weighted by atomic mass is 9.98. The zero-order valence-corrected chi connectivity index (χ0v) is 23.4. The van der Waals surface area contributed by atoms with E-state index in [9.17, 15) is 18.0 Å². The number of hydrogen-bond acceptors (Lipinski definition) is 6. The number of fused-ring (bicyclic) bond motifs is 2. The van der Waals surface area contributed by atoms with E-state index in [1.807, 2.05) is 0 Å². The number of rotatable bonds is 8. The van der Waals surface area contributed by atoms with Crippen LogP contribution in [0.15, 0.2) is 47.2 Å². The normalized spacial score (nSPS) is 22.4. The number of ether oxygens (including phenoxy) is 3. The number of piperidine rings is 1. The second kappa shape index (κ2) is 10.7. The number of H-pyrrole nitrogens is 1. The molecule has 3 aliphatic rings. The van der Waals surface area contributed by atoms with E-state index in [0.29, 0.717) is 29.2 Å². The summed E-state index contributed by atoms with van der Waals surface area (Å²) in [6.45, 7) is 0.310. The van der Waals surface area contributed by atoms with E-state index in [0.717, 1.165) is 60.1 Å². The third-order valence-electron chi connectivity index (χ3n) is 8.05. The van der Waals surface area contributed by atoms with Gasteiger partial charge in [0.1, 0.15) is 11.6 Å². The van der Waals surface area contributed by atoms with Crippen molar-refractivity contribution in [2.75, 3.05) is 12.0 Å². The molecule has 1 N–H and O–H groups in total. The zero-order chi connectivity index (χ0) is 28.0. The first-order valence-corrected chi connectivity index (χ1v) is 14.2. The molecule has 1 aromatic carbocycles. The molecular formula is C29H29BrF3N3O4. The third-order valence-corrected chi connectivity index (χ3v) is 8.63. The van der Waals surface area contributed by atoms with Crippen LogP contribution in [0.5, 0.6) is 5.75 Å². The van der Waals surface area contributed by atoms with Crippen LogP contribution in [0.2, 0.25) is 0 Å². The van der Waals surface area contributed by atoms with E-state index in [1.165, 1.54) is 19.2 Å². The minimum atomic E-state index is -4.78. The van der Waals surface area contributed by atoms with E-state index in [1.54, 1.807) is 30.6 Å². The minimum Gasteiger partial charge on any atom is -0.465 e. The van der Waals surface area contributed by atoms with Crippen LogP contribution in [0.3, 0.4) is 0 Å². The van der Waals surface area contributed by atoms with Gasteiger partial charge in [-0.25, -0.2) is 9.78 Å². The van der Waals surface area contributed by atoms with Gasteiger partial charge < -0.3 is 24.1 Å². The number of para-hydroxylation sites is 1. The average molecular weight is 620 g/mol. The molecule has 1 aliphatic carbocycles. The molecular weight excluding hydrogens is 591 g/mol. The molecule has 3 fully saturated rings. The molecule has 1 saturated carbocycles. The van der Waals surface area contributed by atoms with Gasteiger partial charge in [0.05, 0.1) is 29.9 Å². The Kier molecular flexibility index (Phi) is 7.28. The molecule has 7 nitrogen and oxygen atoms in total. The number of methoxy groups -OCH3 is 1. The maximum absolute atomic E-state index is 13.1. The van der Waals surface area contributed by atoms with Crippen molar-refractivity contribution in [3.63, 3.8) is 0 Å². The summed E-state index contributed by atoms with van der Waals surface area (Å²) in [6, 6.07) is 8.47. The molecule has 2 saturated heterocycles. The number of hydrogen-bond donors (Lipinski definition) is 1. The van der Waals surface area contributed by atoms with Crippen LogP contribution in [0.4, 0.5) is 19.0 Å². The number of esters is 1. The van der Waals surface area contributed by atoms with Crippen LogP contribution in [0.25, 0.3) is 11.1 Å². The predicted molar refractivity (Wildman–Crippen MR) is 145 cm³/mol. The SMILES string of the molecule is COC(=O)c1cnc(N2C3CCC2CC(OCc2c(-c4ccccc4OC(F)(F)F)c[nH]c2C2CC2)C3)c(Br)c1. The number of nitrogens with one attached hydrogen (secondary N) is 1. The highest BCUT2D eigenvalue weighted by Crippen LogP contribution is 2.46. The van der Waals surface area contributed by atoms with Gasteiger partial charge in [0.15, 0.2) is 0 Å². The molecule has 0 radical (unpaired) electrons. The van der Waals surface area contributed by atoms with Crippen LogP contribution in [0.1, 0.15) is 66.1 Å². The maximum atomic E-state index is 13.1. The van der Waals surface area contributed by atoms with Gasteiger partial charge in [-0.3, -0.25) is 0 Å². The fourth-order valence-corrected chi connectivity index (χ4v) is 6.72. The predicted octanol–water partition coefficient (Wildman–Crippen LogP) is 7.12. The van der Waals surface area contributed by atoms with Gasteiger partial charge in [-0.2, -0.15) is 0 Å². The summed E-state index contributed by atoms with van der Waals surface area (Å²) in [5.41, 5.74) is 3.40. The van der Waals surface area contributed by atoms with Gasteiger partial charge in [0.25, 0.3) is 0 Å². The molecule has 6 rings (SSSR count). The smallest absolute Gasteiger partial charge is 0.465 e. The van der Waals surface area contributed by atoms with Gasteiger partial charge in [-0.05, 0) is 72.5 Å². The second-order valence-electron chi connectivity index (χ2n) is 10.6. The summed E-state index contributed by atoms with van der Waals surface area (Å²) >= 11 is 3.59. The first kappa shape index (κ1) is 27.1. The van der Waals surface area contributed by atoms with Crippen LogP contribution in [-0.2, 0) is 16.1 Å². The molecule has 0 spiro atoms. The van der Waals surface area contributed by atoms with E-state index in [2.05, 4.69) is 35.5 Å². The van der Waals surface area contributed by atoms with Crippen LogP contribution in [-0.4, -0.2) is 47.6 Å². The third kappa shape index (κ3) is 5.45. The monoisotopic (exact) mass is 619 g/mol. The van der Waals surface area contributed by atoms with E-state index < -0.39 is 12.3 Å². The molecule has 0 amide bonds. The van der Waals surface area contributed by atoms with Crippen molar-refractivity contribution in [3.8, 4) is 16.9 Å². The number of nitrogens with zero attached hydrogens (tertiary/aromatic N) is 2. The van der Waals surface area contributed by atoms with E-state index in [-0.39, 0.29) is 23.9 Å². The van der Waals surface area contributed by atoms with E-state index >= 15 is 0 Å². The zero-order valence-electron chi connectivity index (χ0n) is 21.8. The fourth-order valence-electron chi connectivity index (χ4n) is 6.16. The van der Waals surface area contributed by atoms with E-state index in [4.69, 9.17) is 9.47 Å². The first-order chi connectivity index (χ1) is 19.2. The number of carbonyl (C=O) groups excluding carboxylic acids is 1. The number of pyridine rings is 1. The Morgan fingerprint density at radius 2 is 1.85 bits per heavy atom.